The second-order valence-electron chi connectivity index (χ2n) is 6.89. The van der Waals surface area contributed by atoms with Gasteiger partial charge in [0, 0.05) is 25.6 Å². The molecule has 0 spiro atoms. The van der Waals surface area contributed by atoms with E-state index in [1.807, 2.05) is 4.90 Å². The number of aromatic amines is 1. The molecule has 1 aromatic rings. The number of hydrazine groups is 1. The minimum atomic E-state index is 0.0765. The summed E-state index contributed by atoms with van der Waals surface area (Å²) in [6.45, 7) is 2.24. The quantitative estimate of drug-likeness (QED) is 0.761. The van der Waals surface area contributed by atoms with Crippen LogP contribution in [-0.4, -0.2) is 39.9 Å². The zero-order chi connectivity index (χ0) is 14.9. The van der Waals surface area contributed by atoms with Gasteiger partial charge in [-0.05, 0) is 18.8 Å². The van der Waals surface area contributed by atoms with Gasteiger partial charge < -0.3 is 9.88 Å². The second kappa shape index (κ2) is 6.01. The Morgan fingerprint density at radius 3 is 3.00 bits per heavy atom. The van der Waals surface area contributed by atoms with Crippen LogP contribution in [0.4, 0.5) is 0 Å². The van der Waals surface area contributed by atoms with Crippen molar-refractivity contribution in [1.82, 2.24) is 25.7 Å². The van der Waals surface area contributed by atoms with Crippen LogP contribution in [0.15, 0.2) is 6.33 Å². The monoisotopic (exact) mass is 303 g/mol. The van der Waals surface area contributed by atoms with E-state index in [4.69, 9.17) is 0 Å². The Kier molecular flexibility index (Phi) is 3.88. The smallest absolute Gasteiger partial charge is 0.229 e. The van der Waals surface area contributed by atoms with Crippen molar-refractivity contribution in [2.75, 3.05) is 13.1 Å². The molecular formula is C16H25N5O. The summed E-state index contributed by atoms with van der Waals surface area (Å²) in [6, 6.07) is 0.302. The maximum Gasteiger partial charge on any atom is 0.229 e. The van der Waals surface area contributed by atoms with Crippen molar-refractivity contribution in [2.24, 2.45) is 11.8 Å². The number of imidazole rings is 1. The van der Waals surface area contributed by atoms with Gasteiger partial charge in [-0.15, -0.1) is 0 Å². The molecule has 0 bridgehead atoms. The molecule has 2 atom stereocenters. The summed E-state index contributed by atoms with van der Waals surface area (Å²) in [4.78, 5) is 22.5. The highest BCUT2D eigenvalue weighted by Crippen LogP contribution is 2.32. The van der Waals surface area contributed by atoms with Gasteiger partial charge in [0.15, 0.2) is 0 Å². The molecule has 1 amide bonds. The van der Waals surface area contributed by atoms with Crippen molar-refractivity contribution >= 4 is 5.91 Å². The predicted octanol–water partition coefficient (Wildman–Crippen LogP) is 0.967. The number of H-pyrrole nitrogens is 1. The summed E-state index contributed by atoms with van der Waals surface area (Å²) < 4.78 is 0. The zero-order valence-electron chi connectivity index (χ0n) is 13.0. The first-order chi connectivity index (χ1) is 10.8. The summed E-state index contributed by atoms with van der Waals surface area (Å²) in [5, 5.41) is 0. The Hall–Kier alpha value is -1.40. The first-order valence-corrected chi connectivity index (χ1v) is 8.61. The highest BCUT2D eigenvalue weighted by Gasteiger charge is 2.40. The standard InChI is InChI=1S/C16H25N5O/c22-16(21-7-6-13-14(9-21)18-10-17-13)12-8-19-20-15(12)11-4-2-1-3-5-11/h10-12,15,19-20H,1-9H2,(H,17,18). The number of fused-ring (bicyclic) bond motifs is 1. The minimum absolute atomic E-state index is 0.0765. The summed E-state index contributed by atoms with van der Waals surface area (Å²) in [5.41, 5.74) is 8.85. The van der Waals surface area contributed by atoms with Crippen LogP contribution in [0.25, 0.3) is 0 Å². The molecule has 3 aliphatic rings. The molecule has 2 aliphatic heterocycles. The van der Waals surface area contributed by atoms with Crippen LogP contribution in [0, 0.1) is 11.8 Å². The summed E-state index contributed by atoms with van der Waals surface area (Å²) in [7, 11) is 0. The Labute approximate surface area is 131 Å². The van der Waals surface area contributed by atoms with Crippen molar-refractivity contribution in [2.45, 2.75) is 51.1 Å². The number of carbonyl (C=O) groups is 1. The lowest BCUT2D eigenvalue weighted by Crippen LogP contribution is -2.47. The molecule has 2 unspecified atom stereocenters. The Bertz CT molecular complexity index is 536. The fraction of sp³-hybridized carbons (Fsp3) is 0.750. The third-order valence-corrected chi connectivity index (χ3v) is 5.59. The number of rotatable bonds is 2. The lowest BCUT2D eigenvalue weighted by Gasteiger charge is -2.34. The van der Waals surface area contributed by atoms with Crippen molar-refractivity contribution in [3.8, 4) is 0 Å². The molecule has 1 saturated heterocycles. The van der Waals surface area contributed by atoms with Crippen molar-refractivity contribution in [1.29, 1.82) is 0 Å². The molecule has 0 aromatic carbocycles. The number of hydrogen-bond donors (Lipinski definition) is 3. The largest absolute Gasteiger partial charge is 0.347 e. The van der Waals surface area contributed by atoms with Crippen molar-refractivity contribution in [3.05, 3.63) is 17.7 Å². The maximum atomic E-state index is 13.0. The molecule has 1 aromatic heterocycles. The second-order valence-corrected chi connectivity index (χ2v) is 6.89. The normalized spacial score (nSPS) is 29.5. The van der Waals surface area contributed by atoms with Crippen LogP contribution in [0.3, 0.4) is 0 Å². The van der Waals surface area contributed by atoms with E-state index in [-0.39, 0.29) is 5.92 Å². The maximum absolute atomic E-state index is 13.0. The Morgan fingerprint density at radius 2 is 2.14 bits per heavy atom. The van der Waals surface area contributed by atoms with Crippen LogP contribution in [-0.2, 0) is 17.8 Å². The molecule has 0 radical (unpaired) electrons. The van der Waals surface area contributed by atoms with E-state index < -0.39 is 0 Å². The van der Waals surface area contributed by atoms with Crippen LogP contribution in [0.1, 0.15) is 43.5 Å². The van der Waals surface area contributed by atoms with E-state index in [1.165, 1.54) is 32.1 Å². The first-order valence-electron chi connectivity index (χ1n) is 8.61. The molecule has 3 heterocycles. The van der Waals surface area contributed by atoms with Crippen molar-refractivity contribution < 1.29 is 4.79 Å². The molecule has 120 valence electrons. The summed E-state index contributed by atoms with van der Waals surface area (Å²) >= 11 is 0. The van der Waals surface area contributed by atoms with Crippen LogP contribution >= 0.6 is 0 Å². The van der Waals surface area contributed by atoms with Gasteiger partial charge >= 0.3 is 0 Å². The van der Waals surface area contributed by atoms with Crippen LogP contribution in [0.2, 0.25) is 0 Å². The van der Waals surface area contributed by atoms with Crippen LogP contribution < -0.4 is 10.9 Å². The van der Waals surface area contributed by atoms with Gasteiger partial charge in [0.05, 0.1) is 30.2 Å². The molecule has 1 aliphatic carbocycles. The van der Waals surface area contributed by atoms with E-state index in [0.717, 1.165) is 30.9 Å². The zero-order valence-corrected chi connectivity index (χ0v) is 13.0. The van der Waals surface area contributed by atoms with E-state index in [2.05, 4.69) is 20.8 Å². The fourth-order valence-electron chi connectivity index (χ4n) is 4.33. The average molecular weight is 303 g/mol. The number of carbonyl (C=O) groups excluding carboxylic acids is 1. The molecule has 22 heavy (non-hydrogen) atoms. The molecule has 1 saturated carbocycles. The molecule has 6 heteroatoms. The summed E-state index contributed by atoms with van der Waals surface area (Å²) in [6.07, 6.45) is 9.09. The lowest BCUT2D eigenvalue weighted by atomic mass is 9.79. The summed E-state index contributed by atoms with van der Waals surface area (Å²) in [5.74, 6) is 1.02. The van der Waals surface area contributed by atoms with E-state index in [0.29, 0.717) is 24.4 Å². The molecular weight excluding hydrogens is 278 g/mol. The number of hydrogen-bond acceptors (Lipinski definition) is 4. The van der Waals surface area contributed by atoms with Gasteiger partial charge in [0.25, 0.3) is 0 Å². The molecule has 2 fully saturated rings. The van der Waals surface area contributed by atoms with Gasteiger partial charge in [-0.1, -0.05) is 19.3 Å². The number of aromatic nitrogens is 2. The van der Waals surface area contributed by atoms with E-state index in [1.54, 1.807) is 6.33 Å². The Balaban J connectivity index is 1.45. The first kappa shape index (κ1) is 14.2. The molecule has 3 N–H and O–H groups in total. The minimum Gasteiger partial charge on any atom is -0.347 e. The van der Waals surface area contributed by atoms with Gasteiger partial charge in [0.1, 0.15) is 0 Å². The molecule has 6 nitrogen and oxygen atoms in total. The SMILES string of the molecule is O=C(C1CNNC1C1CCCCC1)N1CCc2nc[nH]c2C1. The Morgan fingerprint density at radius 1 is 1.27 bits per heavy atom. The average Bonchev–Trinajstić information content (AvgIpc) is 3.23. The van der Waals surface area contributed by atoms with Gasteiger partial charge in [-0.2, -0.15) is 0 Å². The highest BCUT2D eigenvalue weighted by atomic mass is 16.2. The van der Waals surface area contributed by atoms with Crippen LogP contribution in [0.5, 0.6) is 0 Å². The van der Waals surface area contributed by atoms with E-state index >= 15 is 0 Å². The van der Waals surface area contributed by atoms with Gasteiger partial charge in [-0.25, -0.2) is 4.98 Å². The third kappa shape index (κ3) is 2.54. The number of amides is 1. The van der Waals surface area contributed by atoms with Gasteiger partial charge in [0.2, 0.25) is 5.91 Å². The van der Waals surface area contributed by atoms with Gasteiger partial charge in [-0.3, -0.25) is 15.6 Å². The lowest BCUT2D eigenvalue weighted by molar-refractivity contribution is -0.137. The predicted molar refractivity (Wildman–Crippen MR) is 82.7 cm³/mol. The van der Waals surface area contributed by atoms with E-state index in [9.17, 15) is 4.79 Å². The number of nitrogens with one attached hydrogen (secondary N) is 3. The fourth-order valence-corrected chi connectivity index (χ4v) is 4.33. The molecule has 4 rings (SSSR count). The van der Waals surface area contributed by atoms with Crippen molar-refractivity contribution in [3.63, 3.8) is 0 Å². The third-order valence-electron chi connectivity index (χ3n) is 5.59. The topological polar surface area (TPSA) is 73.1 Å². The number of nitrogens with zero attached hydrogens (tertiary/aromatic N) is 2. The highest BCUT2D eigenvalue weighted by molar-refractivity contribution is 5.80.